The van der Waals surface area contributed by atoms with E-state index in [2.05, 4.69) is 21.8 Å². The van der Waals surface area contributed by atoms with E-state index in [-0.39, 0.29) is 5.57 Å². The molecule has 0 aliphatic carbocycles. The second-order valence-electron chi connectivity index (χ2n) is 6.63. The lowest BCUT2D eigenvalue weighted by molar-refractivity contribution is -0.112. The second-order valence-corrected chi connectivity index (χ2v) is 8.72. The van der Waals surface area contributed by atoms with Gasteiger partial charge in [0.15, 0.2) is 5.13 Å². The number of aryl methyl sites for hydroxylation is 1. The molecule has 0 spiro atoms. The monoisotopic (exact) mass is 446 g/mol. The van der Waals surface area contributed by atoms with Gasteiger partial charge in [0.25, 0.3) is 11.7 Å². The van der Waals surface area contributed by atoms with Crippen molar-refractivity contribution in [2.45, 2.75) is 44.4 Å². The number of thioether (sulfide) groups is 1. The molecule has 5 nitrogen and oxygen atoms in total. The molecule has 0 fully saturated rings. The number of thiazole rings is 1. The fraction of sp³-hybridized carbons (Fsp3) is 0.286. The number of fused-ring (bicyclic) bond motifs is 1. The molecule has 30 heavy (non-hydrogen) atoms. The summed E-state index contributed by atoms with van der Waals surface area (Å²) in [4.78, 5) is 17.4. The van der Waals surface area contributed by atoms with E-state index >= 15 is 0 Å². The molecule has 0 saturated heterocycles. The minimum absolute atomic E-state index is 0.0278. The Balaban J connectivity index is 1.82. The largest absolute Gasteiger partial charge is 0.349 e. The van der Waals surface area contributed by atoms with Crippen molar-refractivity contribution in [3.63, 3.8) is 0 Å². The van der Waals surface area contributed by atoms with Gasteiger partial charge in [0.2, 0.25) is 0 Å². The van der Waals surface area contributed by atoms with Crippen molar-refractivity contribution in [2.24, 2.45) is 0 Å². The van der Waals surface area contributed by atoms with Crippen molar-refractivity contribution in [3.05, 3.63) is 46.8 Å². The molecule has 3 aromatic rings. The average molecular weight is 447 g/mol. The molecule has 9 heteroatoms. The summed E-state index contributed by atoms with van der Waals surface area (Å²) in [6.07, 6.45) is 2.56. The van der Waals surface area contributed by atoms with Gasteiger partial charge in [-0.1, -0.05) is 30.0 Å². The Morgan fingerprint density at radius 3 is 2.83 bits per heavy atom. The summed E-state index contributed by atoms with van der Waals surface area (Å²) < 4.78 is 28.0. The van der Waals surface area contributed by atoms with Crippen LogP contribution in [0.5, 0.6) is 0 Å². The summed E-state index contributed by atoms with van der Waals surface area (Å²) in [5.41, 5.74) is 3.46. The van der Waals surface area contributed by atoms with Crippen LogP contribution >= 0.6 is 23.1 Å². The zero-order valence-corrected chi connectivity index (χ0v) is 18.3. The first kappa shape index (κ1) is 22.0. The van der Waals surface area contributed by atoms with Gasteiger partial charge in [-0.2, -0.15) is 14.0 Å². The summed E-state index contributed by atoms with van der Waals surface area (Å²) in [5.74, 6) is -3.06. The van der Waals surface area contributed by atoms with Gasteiger partial charge in [0.05, 0.1) is 10.2 Å². The third kappa shape index (κ3) is 4.89. The second kappa shape index (κ2) is 9.41. The first-order valence-corrected chi connectivity index (χ1v) is 11.0. The Kier molecular flexibility index (Phi) is 6.90. The van der Waals surface area contributed by atoms with Gasteiger partial charge < -0.3 is 4.57 Å². The highest BCUT2D eigenvalue weighted by Crippen LogP contribution is 2.32. The predicted molar refractivity (Wildman–Crippen MR) is 118 cm³/mol. The number of amides is 1. The van der Waals surface area contributed by atoms with Gasteiger partial charge in [0, 0.05) is 22.8 Å². The van der Waals surface area contributed by atoms with Crippen molar-refractivity contribution >= 4 is 50.4 Å². The number of rotatable bonds is 7. The smallest absolute Gasteiger partial charge is 0.288 e. The number of nitrogens with zero attached hydrogens (tertiary/aromatic N) is 3. The molecular formula is C21H20F2N4OS2. The van der Waals surface area contributed by atoms with Crippen molar-refractivity contribution in [1.82, 2.24) is 9.55 Å². The Labute approximate surface area is 181 Å². The highest BCUT2D eigenvalue weighted by molar-refractivity contribution is 7.99. The highest BCUT2D eigenvalue weighted by atomic mass is 32.2. The molecule has 2 aromatic heterocycles. The van der Waals surface area contributed by atoms with Crippen LogP contribution in [-0.4, -0.2) is 21.2 Å². The van der Waals surface area contributed by atoms with Crippen molar-refractivity contribution in [1.29, 1.82) is 5.26 Å². The predicted octanol–water partition coefficient (Wildman–Crippen LogP) is 5.99. The standard InChI is InChI=1S/C21H20F2N4OS2/c1-4-7-27-12(2)8-14(13(27)3)9-15(11-24)19(28)26-21-25-17-6-5-16(29-20(22)23)10-18(17)30-21/h5-6,8-10,20H,4,7H2,1-3H3,(H,25,26,28)/b15-9-. The summed E-state index contributed by atoms with van der Waals surface area (Å²) in [6.45, 7) is 6.92. The molecule has 0 atom stereocenters. The van der Waals surface area contributed by atoms with Gasteiger partial charge in [-0.25, -0.2) is 4.98 Å². The molecule has 0 aliphatic rings. The van der Waals surface area contributed by atoms with E-state index in [0.29, 0.717) is 32.0 Å². The first-order valence-electron chi connectivity index (χ1n) is 9.27. The number of hydrogen-bond donors (Lipinski definition) is 1. The lowest BCUT2D eigenvalue weighted by Crippen LogP contribution is -2.13. The molecule has 1 aromatic carbocycles. The van der Waals surface area contributed by atoms with E-state index in [0.717, 1.165) is 29.9 Å². The van der Waals surface area contributed by atoms with Crippen LogP contribution in [-0.2, 0) is 11.3 Å². The maximum atomic E-state index is 12.6. The number of anilines is 1. The van der Waals surface area contributed by atoms with Gasteiger partial charge in [-0.3, -0.25) is 10.1 Å². The summed E-state index contributed by atoms with van der Waals surface area (Å²) >= 11 is 1.63. The van der Waals surface area contributed by atoms with Crippen LogP contribution in [0.15, 0.2) is 34.7 Å². The number of hydrogen-bond acceptors (Lipinski definition) is 5. The summed E-state index contributed by atoms with van der Waals surface area (Å²) in [7, 11) is 0. The normalized spacial score (nSPS) is 11.8. The maximum Gasteiger partial charge on any atom is 0.288 e. The van der Waals surface area contributed by atoms with Crippen molar-refractivity contribution in [3.8, 4) is 6.07 Å². The highest BCUT2D eigenvalue weighted by Gasteiger charge is 2.15. The van der Waals surface area contributed by atoms with Crippen LogP contribution in [0.1, 0.15) is 30.3 Å². The number of alkyl halides is 2. The zero-order valence-electron chi connectivity index (χ0n) is 16.7. The van der Waals surface area contributed by atoms with E-state index in [9.17, 15) is 18.8 Å². The Bertz CT molecular complexity index is 1160. The van der Waals surface area contributed by atoms with Gasteiger partial charge in [-0.05, 0) is 56.2 Å². The molecular weight excluding hydrogens is 426 g/mol. The van der Waals surface area contributed by atoms with Gasteiger partial charge in [-0.15, -0.1) is 0 Å². The van der Waals surface area contributed by atoms with Crippen molar-refractivity contribution < 1.29 is 13.6 Å². The summed E-state index contributed by atoms with van der Waals surface area (Å²) in [6, 6.07) is 8.72. The fourth-order valence-electron chi connectivity index (χ4n) is 3.14. The number of nitriles is 1. The molecule has 0 radical (unpaired) electrons. The van der Waals surface area contributed by atoms with Crippen LogP contribution in [0.4, 0.5) is 13.9 Å². The van der Waals surface area contributed by atoms with E-state index in [1.165, 1.54) is 11.3 Å². The molecule has 1 N–H and O–H groups in total. The van der Waals surface area contributed by atoms with E-state index in [1.54, 1.807) is 24.3 Å². The van der Waals surface area contributed by atoms with Crippen LogP contribution in [0.25, 0.3) is 16.3 Å². The van der Waals surface area contributed by atoms with E-state index in [4.69, 9.17) is 0 Å². The van der Waals surface area contributed by atoms with Crippen LogP contribution in [0, 0.1) is 25.2 Å². The Hall–Kier alpha value is -2.70. The van der Waals surface area contributed by atoms with Crippen LogP contribution in [0.2, 0.25) is 0 Å². The molecule has 0 saturated carbocycles. The van der Waals surface area contributed by atoms with Crippen LogP contribution in [0.3, 0.4) is 0 Å². The lowest BCUT2D eigenvalue weighted by atomic mass is 10.1. The molecule has 156 valence electrons. The van der Waals surface area contributed by atoms with Crippen LogP contribution < -0.4 is 5.32 Å². The number of halogens is 2. The number of carbonyl (C=O) groups excluding carboxylic acids is 1. The van der Waals surface area contributed by atoms with Gasteiger partial charge >= 0.3 is 0 Å². The molecule has 3 rings (SSSR count). The molecule has 1 amide bonds. The molecule has 0 unspecified atom stereocenters. The fourth-order valence-corrected chi connectivity index (χ4v) is 4.66. The Morgan fingerprint density at radius 2 is 2.17 bits per heavy atom. The third-order valence-electron chi connectivity index (χ3n) is 4.53. The van der Waals surface area contributed by atoms with E-state index < -0.39 is 11.7 Å². The quantitative estimate of drug-likeness (QED) is 0.275. The lowest BCUT2D eigenvalue weighted by Gasteiger charge is -2.07. The van der Waals surface area contributed by atoms with Gasteiger partial charge in [0.1, 0.15) is 11.6 Å². The minimum Gasteiger partial charge on any atom is -0.349 e. The number of carbonyl (C=O) groups is 1. The topological polar surface area (TPSA) is 70.7 Å². The molecule has 0 aliphatic heterocycles. The summed E-state index contributed by atoms with van der Waals surface area (Å²) in [5, 5.41) is 12.4. The number of benzene rings is 1. The zero-order chi connectivity index (χ0) is 21.8. The molecule has 2 heterocycles. The average Bonchev–Trinajstić information content (AvgIpc) is 3.20. The SMILES string of the molecule is CCCn1c(C)cc(/C=C(/C#N)C(=O)Nc2nc3ccc(SC(F)F)cc3s2)c1C. The number of nitrogens with one attached hydrogen (secondary N) is 1. The van der Waals surface area contributed by atoms with Crippen molar-refractivity contribution in [2.75, 3.05) is 5.32 Å². The van der Waals surface area contributed by atoms with E-state index in [1.807, 2.05) is 26.0 Å². The number of aromatic nitrogens is 2. The third-order valence-corrected chi connectivity index (χ3v) is 6.17. The molecule has 0 bridgehead atoms. The minimum atomic E-state index is -2.50. The maximum absolute atomic E-state index is 12.6. The Morgan fingerprint density at radius 1 is 1.40 bits per heavy atom. The first-order chi connectivity index (χ1) is 14.3.